The number of likely N-dealkylation sites (tertiary alicyclic amines) is 1. The van der Waals surface area contributed by atoms with Gasteiger partial charge in [0.2, 0.25) is 5.91 Å². The number of amides is 1. The molecule has 6 nitrogen and oxygen atoms in total. The van der Waals surface area contributed by atoms with E-state index in [2.05, 4.69) is 57.7 Å². The van der Waals surface area contributed by atoms with Crippen LogP contribution in [0, 0.1) is 6.92 Å². The van der Waals surface area contributed by atoms with Crippen molar-refractivity contribution in [1.29, 1.82) is 0 Å². The maximum absolute atomic E-state index is 13.0. The van der Waals surface area contributed by atoms with E-state index in [9.17, 15) is 4.79 Å². The molecule has 0 aliphatic carbocycles. The highest BCUT2D eigenvalue weighted by atomic mass is 32.1. The average Bonchev–Trinajstić information content (AvgIpc) is 3.42. The molecular weight excluding hydrogens is 370 g/mol. The zero-order chi connectivity index (χ0) is 19.5. The van der Waals surface area contributed by atoms with Crippen LogP contribution in [0.1, 0.15) is 46.8 Å². The van der Waals surface area contributed by atoms with Crippen molar-refractivity contribution < 1.29 is 4.79 Å². The Morgan fingerprint density at radius 1 is 1.32 bits per heavy atom. The van der Waals surface area contributed by atoms with Crippen LogP contribution in [0.25, 0.3) is 0 Å². The van der Waals surface area contributed by atoms with Crippen LogP contribution in [0.2, 0.25) is 0 Å². The molecule has 1 aliphatic rings. The van der Waals surface area contributed by atoms with Crippen LogP contribution in [0.5, 0.6) is 0 Å². The minimum Gasteiger partial charge on any atom is -0.343 e. The summed E-state index contributed by atoms with van der Waals surface area (Å²) < 4.78 is 1.95. The summed E-state index contributed by atoms with van der Waals surface area (Å²) >= 11 is 1.67. The highest BCUT2D eigenvalue weighted by Crippen LogP contribution is 2.30. The highest BCUT2D eigenvalue weighted by Gasteiger charge is 2.31. The fourth-order valence-corrected chi connectivity index (χ4v) is 4.63. The van der Waals surface area contributed by atoms with Crippen LogP contribution >= 0.6 is 11.3 Å². The van der Waals surface area contributed by atoms with Gasteiger partial charge in [0.15, 0.2) is 0 Å². The number of carbonyl (C=O) groups excluding carboxylic acids is 1. The molecule has 1 saturated heterocycles. The molecule has 28 heavy (non-hydrogen) atoms. The lowest BCUT2D eigenvalue weighted by Crippen LogP contribution is -2.39. The standard InChI is InChI=1S/C21H25N5OS/c1-15-7-9-16(10-8-15)20(18-6-4-12-28-18)23-19(27)13-26-11-3-5-17(26)21-24-22-14-25(21)2/h4,6-10,12,14,17,20H,3,5,11,13H2,1-2H3,(H,23,27)/t17-,20-/m1/s1. The largest absolute Gasteiger partial charge is 0.343 e. The second-order valence-electron chi connectivity index (χ2n) is 7.36. The normalized spacial score (nSPS) is 18.3. The molecule has 1 amide bonds. The quantitative estimate of drug-likeness (QED) is 0.696. The monoisotopic (exact) mass is 395 g/mol. The van der Waals surface area contributed by atoms with Crippen LogP contribution in [0.3, 0.4) is 0 Å². The third-order valence-corrected chi connectivity index (χ3v) is 6.24. The number of nitrogens with zero attached hydrogens (tertiary/aromatic N) is 4. The van der Waals surface area contributed by atoms with Crippen LogP contribution in [-0.4, -0.2) is 38.7 Å². The smallest absolute Gasteiger partial charge is 0.234 e. The van der Waals surface area contributed by atoms with Gasteiger partial charge in [-0.25, -0.2) is 0 Å². The first-order chi connectivity index (χ1) is 13.6. The average molecular weight is 396 g/mol. The zero-order valence-electron chi connectivity index (χ0n) is 16.2. The van der Waals surface area contributed by atoms with E-state index in [0.29, 0.717) is 6.54 Å². The molecule has 4 rings (SSSR count). The summed E-state index contributed by atoms with van der Waals surface area (Å²) in [4.78, 5) is 16.3. The number of rotatable bonds is 6. The predicted octanol–water partition coefficient (Wildman–Crippen LogP) is 3.23. The van der Waals surface area contributed by atoms with E-state index < -0.39 is 0 Å². The van der Waals surface area contributed by atoms with Gasteiger partial charge in [0.25, 0.3) is 0 Å². The number of carbonyl (C=O) groups is 1. The van der Waals surface area contributed by atoms with Gasteiger partial charge < -0.3 is 9.88 Å². The molecule has 3 aromatic rings. The Labute approximate surface area is 169 Å². The van der Waals surface area contributed by atoms with E-state index in [1.54, 1.807) is 17.7 Å². The van der Waals surface area contributed by atoms with Gasteiger partial charge in [0.1, 0.15) is 12.2 Å². The SMILES string of the molecule is Cc1ccc([C@@H](NC(=O)CN2CCC[C@@H]2c2nncn2C)c2cccs2)cc1. The first-order valence-corrected chi connectivity index (χ1v) is 10.5. The fourth-order valence-electron chi connectivity index (χ4n) is 3.83. The van der Waals surface area contributed by atoms with Crippen molar-refractivity contribution in [3.63, 3.8) is 0 Å². The maximum Gasteiger partial charge on any atom is 0.234 e. The minimum atomic E-state index is -0.121. The van der Waals surface area contributed by atoms with Crippen molar-refractivity contribution >= 4 is 17.2 Å². The third-order valence-electron chi connectivity index (χ3n) is 5.30. The van der Waals surface area contributed by atoms with Gasteiger partial charge in [-0.05, 0) is 43.3 Å². The van der Waals surface area contributed by atoms with Gasteiger partial charge >= 0.3 is 0 Å². The molecule has 0 unspecified atom stereocenters. The summed E-state index contributed by atoms with van der Waals surface area (Å²) in [6, 6.07) is 12.5. The van der Waals surface area contributed by atoms with E-state index in [1.807, 2.05) is 23.1 Å². The van der Waals surface area contributed by atoms with E-state index in [1.165, 1.54) is 5.56 Å². The molecule has 0 radical (unpaired) electrons. The topological polar surface area (TPSA) is 63.1 Å². The van der Waals surface area contributed by atoms with Gasteiger partial charge in [0, 0.05) is 11.9 Å². The van der Waals surface area contributed by atoms with Crippen molar-refractivity contribution in [1.82, 2.24) is 25.0 Å². The Morgan fingerprint density at radius 3 is 2.82 bits per heavy atom. The number of aromatic nitrogens is 3. The van der Waals surface area contributed by atoms with Crippen LogP contribution in [-0.2, 0) is 11.8 Å². The van der Waals surface area contributed by atoms with Crippen molar-refractivity contribution in [2.24, 2.45) is 7.05 Å². The molecule has 2 aromatic heterocycles. The maximum atomic E-state index is 13.0. The second-order valence-corrected chi connectivity index (χ2v) is 8.33. The van der Waals surface area contributed by atoms with E-state index in [-0.39, 0.29) is 18.0 Å². The molecule has 146 valence electrons. The summed E-state index contributed by atoms with van der Waals surface area (Å²) in [6.07, 6.45) is 3.79. The lowest BCUT2D eigenvalue weighted by Gasteiger charge is -2.25. The first kappa shape index (κ1) is 18.8. The van der Waals surface area contributed by atoms with Gasteiger partial charge in [-0.3, -0.25) is 9.69 Å². The van der Waals surface area contributed by atoms with Gasteiger partial charge in [-0.15, -0.1) is 21.5 Å². The summed E-state index contributed by atoms with van der Waals surface area (Å²) in [5.41, 5.74) is 2.32. The Balaban J connectivity index is 1.49. The summed E-state index contributed by atoms with van der Waals surface area (Å²) in [7, 11) is 1.95. The first-order valence-electron chi connectivity index (χ1n) is 9.59. The molecule has 1 N–H and O–H groups in total. The number of hydrogen-bond donors (Lipinski definition) is 1. The predicted molar refractivity (Wildman–Crippen MR) is 110 cm³/mol. The summed E-state index contributed by atoms with van der Waals surface area (Å²) in [6.45, 7) is 3.34. The molecule has 3 heterocycles. The molecule has 0 bridgehead atoms. The van der Waals surface area contributed by atoms with Crippen LogP contribution in [0.15, 0.2) is 48.1 Å². The molecule has 7 heteroatoms. The number of benzene rings is 1. The lowest BCUT2D eigenvalue weighted by atomic mass is 10.0. The summed E-state index contributed by atoms with van der Waals surface area (Å²) in [5, 5.41) is 13.5. The Bertz CT molecular complexity index is 919. The van der Waals surface area contributed by atoms with Crippen molar-refractivity contribution in [3.05, 3.63) is 69.9 Å². The lowest BCUT2D eigenvalue weighted by molar-refractivity contribution is -0.123. The van der Waals surface area contributed by atoms with Gasteiger partial charge in [0.05, 0.1) is 18.6 Å². The number of aryl methyl sites for hydroxylation is 2. The van der Waals surface area contributed by atoms with Gasteiger partial charge in [-0.1, -0.05) is 35.9 Å². The number of thiophene rings is 1. The molecule has 0 spiro atoms. The minimum absolute atomic E-state index is 0.0352. The second kappa shape index (κ2) is 8.24. The summed E-state index contributed by atoms with van der Waals surface area (Å²) in [5.74, 6) is 0.965. The van der Waals surface area contributed by atoms with E-state index in [4.69, 9.17) is 0 Å². The molecule has 1 fully saturated rings. The molecule has 1 aromatic carbocycles. The number of nitrogens with one attached hydrogen (secondary N) is 1. The number of hydrogen-bond acceptors (Lipinski definition) is 5. The van der Waals surface area contributed by atoms with Gasteiger partial charge in [-0.2, -0.15) is 0 Å². The molecule has 0 saturated carbocycles. The van der Waals surface area contributed by atoms with Crippen molar-refractivity contribution in [2.75, 3.05) is 13.1 Å². The fraction of sp³-hybridized carbons (Fsp3) is 0.381. The third kappa shape index (κ3) is 4.00. The van der Waals surface area contributed by atoms with Crippen molar-refractivity contribution in [3.8, 4) is 0 Å². The molecule has 2 atom stereocenters. The molecule has 1 aliphatic heterocycles. The van der Waals surface area contributed by atoms with E-state index >= 15 is 0 Å². The van der Waals surface area contributed by atoms with Crippen LogP contribution < -0.4 is 5.32 Å². The zero-order valence-corrected chi connectivity index (χ0v) is 17.0. The Kier molecular flexibility index (Phi) is 5.54. The molecular formula is C21H25N5OS. The highest BCUT2D eigenvalue weighted by molar-refractivity contribution is 7.10. The Morgan fingerprint density at radius 2 is 2.14 bits per heavy atom. The van der Waals surface area contributed by atoms with Crippen molar-refractivity contribution in [2.45, 2.75) is 31.8 Å². The van der Waals surface area contributed by atoms with E-state index in [0.717, 1.165) is 35.7 Å². The van der Waals surface area contributed by atoms with Crippen LogP contribution in [0.4, 0.5) is 0 Å². The Hall–Kier alpha value is -2.51.